The molecule has 1 aromatic carbocycles. The summed E-state index contributed by atoms with van der Waals surface area (Å²) in [5.74, 6) is -3.04. The van der Waals surface area contributed by atoms with E-state index in [1.54, 1.807) is 37.3 Å². The molecule has 134 valence electrons. The lowest BCUT2D eigenvalue weighted by Crippen LogP contribution is -2.51. The van der Waals surface area contributed by atoms with Crippen molar-refractivity contribution < 1.29 is 24.6 Å². The number of carbonyl (C=O) groups is 3. The Balaban J connectivity index is 2.17. The van der Waals surface area contributed by atoms with E-state index >= 15 is 0 Å². The zero-order chi connectivity index (χ0) is 18.6. The van der Waals surface area contributed by atoms with Crippen molar-refractivity contribution in [1.82, 2.24) is 5.32 Å². The molecule has 25 heavy (non-hydrogen) atoms. The molecule has 0 aliphatic carbocycles. The molecule has 0 bridgehead atoms. The number of rotatable bonds is 6. The van der Waals surface area contributed by atoms with Crippen LogP contribution in [0.25, 0.3) is 0 Å². The predicted molar refractivity (Wildman–Crippen MR) is 93.4 cm³/mol. The van der Waals surface area contributed by atoms with E-state index in [4.69, 9.17) is 5.73 Å². The predicted octanol–water partition coefficient (Wildman–Crippen LogP) is 0.490. The number of hydrogen-bond acceptors (Lipinski definition) is 6. The van der Waals surface area contributed by atoms with E-state index in [1.165, 1.54) is 11.8 Å². The van der Waals surface area contributed by atoms with Crippen LogP contribution in [-0.4, -0.2) is 50.9 Å². The fourth-order valence-corrected chi connectivity index (χ4v) is 3.58. The summed E-state index contributed by atoms with van der Waals surface area (Å²) in [6, 6.07) is 6.15. The van der Waals surface area contributed by atoms with Gasteiger partial charge in [-0.25, -0.2) is 9.59 Å². The molecule has 0 saturated heterocycles. The first-order valence-electron chi connectivity index (χ1n) is 7.57. The Hall–Kier alpha value is -2.39. The maximum atomic E-state index is 12.3. The maximum absolute atomic E-state index is 12.3. The molecule has 0 saturated carbocycles. The molecule has 5 N–H and O–H groups in total. The number of benzene rings is 1. The number of aliphatic carboxylic acids is 2. The highest BCUT2D eigenvalue weighted by Gasteiger charge is 2.36. The van der Waals surface area contributed by atoms with Crippen molar-refractivity contribution in [2.45, 2.75) is 24.4 Å². The van der Waals surface area contributed by atoms with Crippen molar-refractivity contribution >= 4 is 35.3 Å². The number of carboxylic acid groups (broad SMARTS) is 2. The van der Waals surface area contributed by atoms with Crippen LogP contribution in [0.5, 0.6) is 0 Å². The molecule has 2 rings (SSSR count). The molecule has 1 aliphatic heterocycles. The Morgan fingerprint density at radius 1 is 1.28 bits per heavy atom. The van der Waals surface area contributed by atoms with Gasteiger partial charge in [-0.15, -0.1) is 11.8 Å². The molecule has 0 spiro atoms. The molecule has 1 aliphatic rings. The van der Waals surface area contributed by atoms with E-state index < -0.39 is 35.3 Å². The summed E-state index contributed by atoms with van der Waals surface area (Å²) in [5, 5.41) is 20.1. The number of nitrogens with two attached hydrogens (primary N) is 1. The van der Waals surface area contributed by atoms with Gasteiger partial charge in [0.05, 0.1) is 0 Å². The van der Waals surface area contributed by atoms with Crippen LogP contribution in [0.4, 0.5) is 0 Å². The topological polar surface area (TPSA) is 142 Å². The van der Waals surface area contributed by atoms with E-state index in [1.807, 2.05) is 0 Å². The molecule has 1 amide bonds. The van der Waals surface area contributed by atoms with Gasteiger partial charge < -0.3 is 21.3 Å². The minimum absolute atomic E-state index is 0.0865. The fraction of sp³-hybridized carbons (Fsp3) is 0.375. The van der Waals surface area contributed by atoms with Gasteiger partial charge in [-0.3, -0.25) is 9.79 Å². The van der Waals surface area contributed by atoms with Crippen LogP contribution in [0.3, 0.4) is 0 Å². The Bertz CT molecular complexity index is 694. The summed E-state index contributed by atoms with van der Waals surface area (Å²) in [7, 11) is 0. The average molecular weight is 365 g/mol. The zero-order valence-electron chi connectivity index (χ0n) is 13.5. The van der Waals surface area contributed by atoms with Gasteiger partial charge in [-0.1, -0.05) is 37.3 Å². The molecule has 8 nitrogen and oxygen atoms in total. The third-order valence-electron chi connectivity index (χ3n) is 3.76. The zero-order valence-corrected chi connectivity index (χ0v) is 14.3. The molecule has 1 aromatic rings. The lowest BCUT2D eigenvalue weighted by Gasteiger charge is -2.28. The molecule has 0 unspecified atom stereocenters. The van der Waals surface area contributed by atoms with Crippen molar-refractivity contribution in [2.24, 2.45) is 16.6 Å². The summed E-state index contributed by atoms with van der Waals surface area (Å²) in [6.07, 6.45) is 0. The molecule has 0 radical (unpaired) electrons. The van der Waals surface area contributed by atoms with Gasteiger partial charge in [0.25, 0.3) is 0 Å². The highest BCUT2D eigenvalue weighted by molar-refractivity contribution is 8.00. The quantitative estimate of drug-likeness (QED) is 0.574. The second-order valence-electron chi connectivity index (χ2n) is 5.66. The molecule has 1 heterocycles. The number of nitrogens with zero attached hydrogens (tertiary/aromatic N) is 1. The van der Waals surface area contributed by atoms with Gasteiger partial charge in [-0.05, 0) is 5.56 Å². The molecule has 0 aromatic heterocycles. The van der Waals surface area contributed by atoms with Crippen molar-refractivity contribution in [2.75, 3.05) is 5.75 Å². The number of carboxylic acids is 2. The highest BCUT2D eigenvalue weighted by Crippen LogP contribution is 2.27. The van der Waals surface area contributed by atoms with E-state index in [-0.39, 0.29) is 11.6 Å². The monoisotopic (exact) mass is 365 g/mol. The first-order valence-corrected chi connectivity index (χ1v) is 8.62. The minimum Gasteiger partial charge on any atom is -0.480 e. The first-order chi connectivity index (χ1) is 11.8. The Labute approximate surface area is 148 Å². The van der Waals surface area contributed by atoms with E-state index in [2.05, 4.69) is 10.3 Å². The SMILES string of the molecule is C[C@@H]1CS[C@H]([C@H](NC(=O)[C@H](N)c2ccccc2)C(=O)O)N=C1C(=O)O. The van der Waals surface area contributed by atoms with Gasteiger partial charge >= 0.3 is 11.9 Å². The smallest absolute Gasteiger partial charge is 0.350 e. The van der Waals surface area contributed by atoms with Crippen molar-refractivity contribution in [3.8, 4) is 0 Å². The lowest BCUT2D eigenvalue weighted by molar-refractivity contribution is -0.142. The summed E-state index contributed by atoms with van der Waals surface area (Å²) in [6.45, 7) is 1.70. The Morgan fingerprint density at radius 2 is 1.92 bits per heavy atom. The third kappa shape index (κ3) is 4.58. The Morgan fingerprint density at radius 3 is 2.48 bits per heavy atom. The van der Waals surface area contributed by atoms with Crippen LogP contribution in [-0.2, 0) is 14.4 Å². The van der Waals surface area contributed by atoms with Crippen LogP contribution in [0, 0.1) is 5.92 Å². The van der Waals surface area contributed by atoms with Gasteiger partial charge in [-0.2, -0.15) is 0 Å². The second kappa shape index (κ2) is 8.13. The van der Waals surface area contributed by atoms with Gasteiger partial charge in [0.2, 0.25) is 5.91 Å². The van der Waals surface area contributed by atoms with Gasteiger partial charge in [0.15, 0.2) is 6.04 Å². The summed E-state index contributed by atoms with van der Waals surface area (Å²) in [5.41, 5.74) is 6.33. The molecular formula is C16H19N3O5S. The first kappa shape index (κ1) is 18.9. The maximum Gasteiger partial charge on any atom is 0.350 e. The number of aliphatic imine (C=N–C) groups is 1. The largest absolute Gasteiger partial charge is 0.480 e. The number of hydrogen-bond donors (Lipinski definition) is 4. The lowest BCUT2D eigenvalue weighted by atomic mass is 10.1. The van der Waals surface area contributed by atoms with Crippen molar-refractivity contribution in [1.29, 1.82) is 0 Å². The second-order valence-corrected chi connectivity index (χ2v) is 6.81. The number of carbonyl (C=O) groups excluding carboxylic acids is 1. The van der Waals surface area contributed by atoms with Crippen LogP contribution in [0.1, 0.15) is 18.5 Å². The van der Waals surface area contributed by atoms with E-state index in [0.29, 0.717) is 11.3 Å². The average Bonchev–Trinajstić information content (AvgIpc) is 2.59. The summed E-state index contributed by atoms with van der Waals surface area (Å²) < 4.78 is 0. The van der Waals surface area contributed by atoms with Crippen LogP contribution in [0.2, 0.25) is 0 Å². The minimum atomic E-state index is -1.37. The van der Waals surface area contributed by atoms with Crippen LogP contribution < -0.4 is 11.1 Å². The van der Waals surface area contributed by atoms with E-state index in [9.17, 15) is 24.6 Å². The van der Waals surface area contributed by atoms with Gasteiger partial charge in [0.1, 0.15) is 17.1 Å². The molecular weight excluding hydrogens is 346 g/mol. The highest BCUT2D eigenvalue weighted by atomic mass is 32.2. The third-order valence-corrected chi connectivity index (χ3v) is 5.17. The summed E-state index contributed by atoms with van der Waals surface area (Å²) >= 11 is 1.19. The van der Waals surface area contributed by atoms with Gasteiger partial charge in [0, 0.05) is 11.7 Å². The Kier molecular flexibility index (Phi) is 6.16. The van der Waals surface area contributed by atoms with Crippen molar-refractivity contribution in [3.05, 3.63) is 35.9 Å². The van der Waals surface area contributed by atoms with Crippen LogP contribution >= 0.6 is 11.8 Å². The fourth-order valence-electron chi connectivity index (χ4n) is 2.37. The van der Waals surface area contributed by atoms with E-state index in [0.717, 1.165) is 0 Å². The summed E-state index contributed by atoms with van der Waals surface area (Å²) in [4.78, 5) is 39.1. The normalized spacial score (nSPS) is 22.4. The van der Waals surface area contributed by atoms with Crippen LogP contribution in [0.15, 0.2) is 35.3 Å². The standard InChI is InChI=1S/C16H19N3O5S/c1-8-7-25-14(19-11(8)15(21)22)12(16(23)24)18-13(20)10(17)9-5-3-2-4-6-9/h2-6,8,10,12,14H,7,17H2,1H3,(H,18,20)(H,21,22)(H,23,24)/t8-,10-,12+,14-/m1/s1. The molecule has 9 heteroatoms. The molecule has 4 atom stereocenters. The number of amides is 1. The number of thioether (sulfide) groups is 1. The van der Waals surface area contributed by atoms with Crippen molar-refractivity contribution in [3.63, 3.8) is 0 Å². The number of nitrogens with one attached hydrogen (secondary N) is 1. The molecule has 0 fully saturated rings.